The van der Waals surface area contributed by atoms with Gasteiger partial charge in [0.1, 0.15) is 6.10 Å². The van der Waals surface area contributed by atoms with E-state index in [0.29, 0.717) is 12.5 Å². The van der Waals surface area contributed by atoms with Crippen LogP contribution >= 0.6 is 11.3 Å². The Morgan fingerprint density at radius 3 is 3.12 bits per heavy atom. The van der Waals surface area contributed by atoms with Crippen molar-refractivity contribution in [3.63, 3.8) is 0 Å². The van der Waals surface area contributed by atoms with E-state index in [1.54, 1.807) is 17.5 Å². The lowest BCUT2D eigenvalue weighted by molar-refractivity contribution is 0.169. The van der Waals surface area contributed by atoms with Crippen molar-refractivity contribution in [1.29, 1.82) is 0 Å². The number of rotatable bonds is 4. The molecule has 2 aromatic rings. The van der Waals surface area contributed by atoms with Crippen LogP contribution in [0.4, 0.5) is 0 Å². The van der Waals surface area contributed by atoms with Gasteiger partial charge in [-0.05, 0) is 24.3 Å². The number of aliphatic hydroxyl groups is 1. The molecule has 0 amide bonds. The second-order valence-electron chi connectivity index (χ2n) is 4.26. The number of imidazole rings is 1. The summed E-state index contributed by atoms with van der Waals surface area (Å²) < 4.78 is 2.12. The standard InChI is InChI=1S/C12H14N2OS/c15-12(6-10-2-1-5-16-10)11-7-13-8-14(11)9-3-4-9/h1-2,5,7-9,12,15H,3-4,6H2. The molecule has 0 bridgehead atoms. The topological polar surface area (TPSA) is 38.1 Å². The molecule has 1 unspecified atom stereocenters. The van der Waals surface area contributed by atoms with Gasteiger partial charge in [0.15, 0.2) is 0 Å². The molecular weight excluding hydrogens is 220 g/mol. The highest BCUT2D eigenvalue weighted by Crippen LogP contribution is 2.37. The quantitative estimate of drug-likeness (QED) is 0.883. The number of thiophene rings is 1. The predicted molar refractivity (Wildman–Crippen MR) is 63.5 cm³/mol. The van der Waals surface area contributed by atoms with Crippen molar-refractivity contribution in [3.05, 3.63) is 40.6 Å². The van der Waals surface area contributed by atoms with Crippen LogP contribution in [0.1, 0.15) is 35.6 Å². The lowest BCUT2D eigenvalue weighted by Crippen LogP contribution is -2.07. The summed E-state index contributed by atoms with van der Waals surface area (Å²) in [5, 5.41) is 12.2. The normalized spacial score (nSPS) is 17.6. The molecule has 2 heterocycles. The van der Waals surface area contributed by atoms with E-state index in [-0.39, 0.29) is 0 Å². The van der Waals surface area contributed by atoms with Crippen molar-refractivity contribution in [1.82, 2.24) is 9.55 Å². The van der Waals surface area contributed by atoms with Gasteiger partial charge in [-0.15, -0.1) is 11.3 Å². The minimum absolute atomic E-state index is 0.429. The van der Waals surface area contributed by atoms with Gasteiger partial charge in [0.25, 0.3) is 0 Å². The Hall–Kier alpha value is -1.13. The Kier molecular flexibility index (Phi) is 2.53. The zero-order chi connectivity index (χ0) is 11.0. The first kappa shape index (κ1) is 10.1. The number of aromatic nitrogens is 2. The molecule has 0 spiro atoms. The second-order valence-corrected chi connectivity index (χ2v) is 5.29. The zero-order valence-corrected chi connectivity index (χ0v) is 9.73. The largest absolute Gasteiger partial charge is 0.386 e. The average molecular weight is 234 g/mol. The van der Waals surface area contributed by atoms with Gasteiger partial charge in [-0.3, -0.25) is 0 Å². The van der Waals surface area contributed by atoms with E-state index in [4.69, 9.17) is 0 Å². The van der Waals surface area contributed by atoms with Gasteiger partial charge in [-0.2, -0.15) is 0 Å². The van der Waals surface area contributed by atoms with Crippen LogP contribution in [-0.2, 0) is 6.42 Å². The van der Waals surface area contributed by atoms with Crippen LogP contribution in [0.25, 0.3) is 0 Å². The van der Waals surface area contributed by atoms with E-state index in [9.17, 15) is 5.11 Å². The lowest BCUT2D eigenvalue weighted by Gasteiger charge is -2.12. The van der Waals surface area contributed by atoms with Crippen LogP contribution in [0.15, 0.2) is 30.0 Å². The first-order valence-electron chi connectivity index (χ1n) is 5.57. The van der Waals surface area contributed by atoms with Gasteiger partial charge in [0.05, 0.1) is 18.2 Å². The fourth-order valence-corrected chi connectivity index (χ4v) is 2.70. The maximum atomic E-state index is 10.2. The minimum atomic E-state index is -0.429. The van der Waals surface area contributed by atoms with Crippen LogP contribution < -0.4 is 0 Å². The summed E-state index contributed by atoms with van der Waals surface area (Å²) >= 11 is 1.69. The molecule has 3 rings (SSSR count). The van der Waals surface area contributed by atoms with E-state index >= 15 is 0 Å². The van der Waals surface area contributed by atoms with Crippen LogP contribution in [0.5, 0.6) is 0 Å². The van der Waals surface area contributed by atoms with E-state index < -0.39 is 6.10 Å². The first-order chi connectivity index (χ1) is 7.84. The molecule has 0 saturated heterocycles. The van der Waals surface area contributed by atoms with Gasteiger partial charge >= 0.3 is 0 Å². The van der Waals surface area contributed by atoms with E-state index in [1.165, 1.54) is 17.7 Å². The predicted octanol–water partition coefficient (Wildman–Crippen LogP) is 2.56. The molecule has 1 aliphatic carbocycles. The Labute approximate surface area is 98.4 Å². The molecule has 1 N–H and O–H groups in total. The molecule has 1 aliphatic rings. The average Bonchev–Trinajstić information content (AvgIpc) is 2.82. The fraction of sp³-hybridized carbons (Fsp3) is 0.417. The Morgan fingerprint density at radius 2 is 2.44 bits per heavy atom. The molecule has 1 atom stereocenters. The van der Waals surface area contributed by atoms with Crippen molar-refractivity contribution < 1.29 is 5.11 Å². The van der Waals surface area contributed by atoms with Gasteiger partial charge < -0.3 is 9.67 Å². The zero-order valence-electron chi connectivity index (χ0n) is 8.91. The summed E-state index contributed by atoms with van der Waals surface area (Å²) in [5.41, 5.74) is 0.955. The Bertz CT molecular complexity index is 459. The van der Waals surface area contributed by atoms with Crippen molar-refractivity contribution >= 4 is 11.3 Å². The molecule has 3 nitrogen and oxygen atoms in total. The van der Waals surface area contributed by atoms with Crippen molar-refractivity contribution in [2.45, 2.75) is 31.4 Å². The third kappa shape index (κ3) is 1.90. The number of hydrogen-bond acceptors (Lipinski definition) is 3. The van der Waals surface area contributed by atoms with Crippen molar-refractivity contribution in [2.24, 2.45) is 0 Å². The summed E-state index contributed by atoms with van der Waals surface area (Å²) in [6, 6.07) is 4.66. The maximum absolute atomic E-state index is 10.2. The molecule has 1 saturated carbocycles. The summed E-state index contributed by atoms with van der Waals surface area (Å²) in [6.45, 7) is 0. The van der Waals surface area contributed by atoms with Gasteiger partial charge in [-0.1, -0.05) is 6.07 Å². The molecule has 0 aliphatic heterocycles. The van der Waals surface area contributed by atoms with Crippen LogP contribution in [0.2, 0.25) is 0 Å². The van der Waals surface area contributed by atoms with Crippen LogP contribution in [-0.4, -0.2) is 14.7 Å². The first-order valence-corrected chi connectivity index (χ1v) is 6.45. The summed E-state index contributed by atoms with van der Waals surface area (Å²) in [6.07, 6.45) is 6.32. The lowest BCUT2D eigenvalue weighted by atomic mass is 10.1. The molecule has 84 valence electrons. The fourth-order valence-electron chi connectivity index (χ4n) is 1.95. The third-order valence-corrected chi connectivity index (χ3v) is 3.85. The summed E-state index contributed by atoms with van der Waals surface area (Å²) in [5.74, 6) is 0. The smallest absolute Gasteiger partial charge is 0.100 e. The molecule has 2 aromatic heterocycles. The second kappa shape index (κ2) is 4.03. The molecule has 4 heteroatoms. The Morgan fingerprint density at radius 1 is 1.56 bits per heavy atom. The summed E-state index contributed by atoms with van der Waals surface area (Å²) in [4.78, 5) is 5.36. The highest BCUT2D eigenvalue weighted by molar-refractivity contribution is 7.09. The van der Waals surface area contributed by atoms with Crippen molar-refractivity contribution in [2.75, 3.05) is 0 Å². The molecule has 0 aromatic carbocycles. The van der Waals surface area contributed by atoms with Crippen LogP contribution in [0, 0.1) is 0 Å². The SMILES string of the molecule is OC(Cc1cccs1)c1cncn1C1CC1. The molecule has 1 fully saturated rings. The molecular formula is C12H14N2OS. The maximum Gasteiger partial charge on any atom is 0.100 e. The third-order valence-electron chi connectivity index (χ3n) is 2.95. The van der Waals surface area contributed by atoms with Crippen molar-refractivity contribution in [3.8, 4) is 0 Å². The van der Waals surface area contributed by atoms with Gasteiger partial charge in [0, 0.05) is 17.3 Å². The molecule has 16 heavy (non-hydrogen) atoms. The Balaban J connectivity index is 1.78. The van der Waals surface area contributed by atoms with Crippen LogP contribution in [0.3, 0.4) is 0 Å². The number of hydrogen-bond donors (Lipinski definition) is 1. The number of aliphatic hydroxyl groups excluding tert-OH is 1. The van der Waals surface area contributed by atoms with Gasteiger partial charge in [-0.25, -0.2) is 4.98 Å². The number of nitrogens with zero attached hydrogens (tertiary/aromatic N) is 2. The summed E-state index contributed by atoms with van der Waals surface area (Å²) in [7, 11) is 0. The monoisotopic (exact) mass is 234 g/mol. The highest BCUT2D eigenvalue weighted by atomic mass is 32.1. The van der Waals surface area contributed by atoms with E-state index in [0.717, 1.165) is 5.69 Å². The van der Waals surface area contributed by atoms with E-state index in [2.05, 4.69) is 15.6 Å². The van der Waals surface area contributed by atoms with Gasteiger partial charge in [0.2, 0.25) is 0 Å². The molecule has 0 radical (unpaired) electrons. The van der Waals surface area contributed by atoms with E-state index in [1.807, 2.05) is 17.8 Å². The highest BCUT2D eigenvalue weighted by Gasteiger charge is 2.27. The minimum Gasteiger partial charge on any atom is -0.386 e.